The van der Waals surface area contributed by atoms with Crippen molar-refractivity contribution >= 4 is 11.3 Å². The van der Waals surface area contributed by atoms with E-state index in [4.69, 9.17) is 4.74 Å². The Labute approximate surface area is 101 Å². The minimum Gasteiger partial charge on any atom is -0.379 e. The molecular weight excluding hydrogens is 218 g/mol. The molecule has 0 atom stereocenters. The molecule has 3 heteroatoms. The minimum absolute atomic E-state index is 0.328. The molecule has 1 aliphatic heterocycles. The largest absolute Gasteiger partial charge is 0.379 e. The third-order valence-electron chi connectivity index (χ3n) is 4.38. The topological polar surface area (TPSA) is 21.3 Å². The Bertz CT molecular complexity index is 390. The van der Waals surface area contributed by atoms with Crippen LogP contribution in [-0.2, 0) is 10.2 Å². The molecule has 88 valence electrons. The second-order valence-corrected chi connectivity index (χ2v) is 6.23. The van der Waals surface area contributed by atoms with Crippen molar-refractivity contribution in [3.05, 3.63) is 21.9 Å². The summed E-state index contributed by atoms with van der Waals surface area (Å²) >= 11 is 1.92. The molecule has 0 bridgehead atoms. The number of nitrogens with one attached hydrogen (secondary N) is 1. The van der Waals surface area contributed by atoms with Crippen LogP contribution in [0.15, 0.2) is 11.4 Å². The van der Waals surface area contributed by atoms with E-state index in [0.29, 0.717) is 10.8 Å². The normalized spacial score (nSPS) is 25.1. The summed E-state index contributed by atoms with van der Waals surface area (Å²) in [5.41, 5.74) is 2.26. The van der Waals surface area contributed by atoms with Gasteiger partial charge in [-0.05, 0) is 49.2 Å². The molecule has 0 amide bonds. The molecule has 1 aromatic heterocycles. The molecular formula is C13H19NOS. The molecule has 1 aliphatic carbocycles. The third kappa shape index (κ3) is 1.25. The molecule has 3 rings (SSSR count). The fourth-order valence-corrected chi connectivity index (χ4v) is 4.38. The first-order valence-corrected chi connectivity index (χ1v) is 6.89. The van der Waals surface area contributed by atoms with E-state index < -0.39 is 0 Å². The van der Waals surface area contributed by atoms with Crippen LogP contribution in [0.4, 0.5) is 0 Å². The maximum Gasteiger partial charge on any atom is 0.0599 e. The fourth-order valence-electron chi connectivity index (χ4n) is 3.16. The monoisotopic (exact) mass is 237 g/mol. The van der Waals surface area contributed by atoms with E-state index >= 15 is 0 Å². The van der Waals surface area contributed by atoms with Gasteiger partial charge in [0.2, 0.25) is 0 Å². The molecule has 0 spiro atoms. The molecule has 0 radical (unpaired) electrons. The Morgan fingerprint density at radius 2 is 2.19 bits per heavy atom. The molecule has 2 heterocycles. The standard InChI is InChI=1S/C13H19NOS/c1-10-3-6-16-11(10)13(8-15-9-13)12(4-5-12)7-14-2/h3,6,14H,4-5,7-9H2,1-2H3. The Morgan fingerprint density at radius 3 is 2.56 bits per heavy atom. The van der Waals surface area contributed by atoms with Crippen molar-refractivity contribution < 1.29 is 4.74 Å². The Kier molecular flexibility index (Phi) is 2.39. The van der Waals surface area contributed by atoms with E-state index in [1.807, 2.05) is 11.3 Å². The van der Waals surface area contributed by atoms with Gasteiger partial charge in [0.05, 0.1) is 18.6 Å². The van der Waals surface area contributed by atoms with Gasteiger partial charge >= 0.3 is 0 Å². The van der Waals surface area contributed by atoms with Gasteiger partial charge in [0, 0.05) is 11.4 Å². The number of ether oxygens (including phenoxy) is 1. The van der Waals surface area contributed by atoms with Crippen LogP contribution in [0.1, 0.15) is 23.3 Å². The van der Waals surface area contributed by atoms with Gasteiger partial charge in [-0.2, -0.15) is 0 Å². The lowest BCUT2D eigenvalue weighted by atomic mass is 9.68. The summed E-state index contributed by atoms with van der Waals surface area (Å²) in [4.78, 5) is 1.58. The summed E-state index contributed by atoms with van der Waals surface area (Å²) in [7, 11) is 2.06. The lowest BCUT2D eigenvalue weighted by Crippen LogP contribution is -2.56. The van der Waals surface area contributed by atoms with Gasteiger partial charge in [-0.25, -0.2) is 0 Å². The molecule has 1 N–H and O–H groups in total. The highest BCUT2D eigenvalue weighted by Crippen LogP contribution is 2.63. The molecule has 1 aromatic rings. The van der Waals surface area contributed by atoms with Crippen LogP contribution in [0.2, 0.25) is 0 Å². The van der Waals surface area contributed by atoms with Gasteiger partial charge in [-0.1, -0.05) is 0 Å². The van der Waals surface area contributed by atoms with Crippen molar-refractivity contribution in [1.29, 1.82) is 0 Å². The van der Waals surface area contributed by atoms with E-state index in [2.05, 4.69) is 30.7 Å². The van der Waals surface area contributed by atoms with E-state index in [9.17, 15) is 0 Å². The lowest BCUT2D eigenvalue weighted by molar-refractivity contribution is -0.0969. The zero-order valence-corrected chi connectivity index (χ0v) is 10.8. The maximum absolute atomic E-state index is 5.57. The fraction of sp³-hybridized carbons (Fsp3) is 0.692. The second kappa shape index (κ2) is 3.56. The summed E-state index contributed by atoms with van der Waals surface area (Å²) in [5.74, 6) is 0. The quantitative estimate of drug-likeness (QED) is 0.868. The zero-order valence-electron chi connectivity index (χ0n) is 10.0. The number of hydrogen-bond acceptors (Lipinski definition) is 3. The maximum atomic E-state index is 5.57. The average molecular weight is 237 g/mol. The van der Waals surface area contributed by atoms with Crippen LogP contribution in [0.25, 0.3) is 0 Å². The van der Waals surface area contributed by atoms with Crippen LogP contribution in [0.3, 0.4) is 0 Å². The van der Waals surface area contributed by atoms with Gasteiger partial charge < -0.3 is 10.1 Å². The van der Waals surface area contributed by atoms with Crippen molar-refractivity contribution in [3.63, 3.8) is 0 Å². The van der Waals surface area contributed by atoms with Gasteiger partial charge in [-0.15, -0.1) is 11.3 Å². The van der Waals surface area contributed by atoms with Crippen molar-refractivity contribution in [1.82, 2.24) is 5.32 Å². The average Bonchev–Trinajstić information content (AvgIpc) is 2.84. The highest BCUT2D eigenvalue weighted by Gasteiger charge is 2.63. The van der Waals surface area contributed by atoms with Crippen LogP contribution >= 0.6 is 11.3 Å². The van der Waals surface area contributed by atoms with E-state index in [0.717, 1.165) is 19.8 Å². The van der Waals surface area contributed by atoms with Crippen LogP contribution in [0.5, 0.6) is 0 Å². The van der Waals surface area contributed by atoms with Gasteiger partial charge in [-0.3, -0.25) is 0 Å². The SMILES string of the molecule is CNCC1(C2(c3sccc3C)COC2)CC1. The van der Waals surface area contributed by atoms with Crippen LogP contribution in [-0.4, -0.2) is 26.8 Å². The highest BCUT2D eigenvalue weighted by atomic mass is 32.1. The van der Waals surface area contributed by atoms with E-state index in [-0.39, 0.29) is 0 Å². The number of hydrogen-bond donors (Lipinski definition) is 1. The second-order valence-electron chi connectivity index (χ2n) is 5.32. The zero-order chi connectivity index (χ0) is 11.2. The molecule has 2 fully saturated rings. The first kappa shape index (κ1) is 10.8. The van der Waals surface area contributed by atoms with Gasteiger partial charge in [0.25, 0.3) is 0 Å². The van der Waals surface area contributed by atoms with Gasteiger partial charge in [0.1, 0.15) is 0 Å². The summed E-state index contributed by atoms with van der Waals surface area (Å²) in [6, 6.07) is 2.25. The summed E-state index contributed by atoms with van der Waals surface area (Å²) in [6.45, 7) is 5.22. The molecule has 2 aliphatic rings. The molecule has 1 saturated heterocycles. The van der Waals surface area contributed by atoms with E-state index in [1.54, 1.807) is 4.88 Å². The Morgan fingerprint density at radius 1 is 1.44 bits per heavy atom. The molecule has 1 saturated carbocycles. The smallest absolute Gasteiger partial charge is 0.0599 e. The Balaban J connectivity index is 1.98. The van der Waals surface area contributed by atoms with Crippen LogP contribution in [0, 0.1) is 12.3 Å². The minimum atomic E-state index is 0.328. The molecule has 0 aromatic carbocycles. The summed E-state index contributed by atoms with van der Waals surface area (Å²) in [6.07, 6.45) is 2.71. The Hall–Kier alpha value is -0.380. The predicted octanol–water partition coefficient (Wildman–Crippen LogP) is 2.32. The van der Waals surface area contributed by atoms with Crippen LogP contribution < -0.4 is 5.32 Å². The summed E-state index contributed by atoms with van der Waals surface area (Å²) in [5, 5.41) is 5.60. The number of thiophene rings is 1. The predicted molar refractivity (Wildman–Crippen MR) is 67.1 cm³/mol. The van der Waals surface area contributed by atoms with Crippen molar-refractivity contribution in [2.45, 2.75) is 25.2 Å². The lowest BCUT2D eigenvalue weighted by Gasteiger charge is -2.48. The number of rotatable bonds is 4. The molecule has 0 unspecified atom stereocenters. The van der Waals surface area contributed by atoms with Crippen molar-refractivity contribution in [2.75, 3.05) is 26.8 Å². The highest BCUT2D eigenvalue weighted by molar-refractivity contribution is 7.10. The van der Waals surface area contributed by atoms with Crippen molar-refractivity contribution in [3.8, 4) is 0 Å². The summed E-state index contributed by atoms with van der Waals surface area (Å²) < 4.78 is 5.57. The van der Waals surface area contributed by atoms with Crippen molar-refractivity contribution in [2.24, 2.45) is 5.41 Å². The molecule has 2 nitrogen and oxygen atoms in total. The van der Waals surface area contributed by atoms with Gasteiger partial charge in [0.15, 0.2) is 0 Å². The molecule has 16 heavy (non-hydrogen) atoms. The third-order valence-corrected chi connectivity index (χ3v) is 5.60. The first-order chi connectivity index (χ1) is 7.74. The van der Waals surface area contributed by atoms with E-state index in [1.165, 1.54) is 18.4 Å². The number of aryl methyl sites for hydroxylation is 1. The first-order valence-electron chi connectivity index (χ1n) is 6.01.